The Kier molecular flexibility index (Phi) is 3.75. The van der Waals surface area contributed by atoms with Crippen LogP contribution >= 0.6 is 0 Å². The number of carbonyl (C=O) groups is 1. The summed E-state index contributed by atoms with van der Waals surface area (Å²) in [5.74, 6) is 0.457. The third-order valence-electron chi connectivity index (χ3n) is 3.54. The molecule has 1 unspecified atom stereocenters. The lowest BCUT2D eigenvalue weighted by Crippen LogP contribution is -2.35. The van der Waals surface area contributed by atoms with Gasteiger partial charge >= 0.3 is 0 Å². The number of amides is 1. The van der Waals surface area contributed by atoms with Crippen molar-refractivity contribution in [2.75, 3.05) is 13.7 Å². The summed E-state index contributed by atoms with van der Waals surface area (Å²) in [5.41, 5.74) is 0.358. The van der Waals surface area contributed by atoms with Gasteiger partial charge in [-0.15, -0.1) is 0 Å². The molecule has 98 valence electrons. The number of benzene rings is 1. The lowest BCUT2D eigenvalue weighted by Gasteiger charge is -2.24. The Hall–Kier alpha value is -1.71. The minimum atomic E-state index is -0.0838. The van der Waals surface area contributed by atoms with E-state index in [1.807, 2.05) is 4.90 Å². The molecule has 1 heterocycles. The minimum absolute atomic E-state index is 0.0129. The summed E-state index contributed by atoms with van der Waals surface area (Å²) in [6, 6.07) is 5.11. The monoisotopic (exact) mass is 249 g/mol. The standard InChI is InChI=1S/C14H19NO3/c1-3-10-5-4-8-15(10)14(17)12-7-6-11(18-2)9-13(12)16/h6-7,9-10,16H,3-5,8H2,1-2H3. The molecular weight excluding hydrogens is 230 g/mol. The van der Waals surface area contributed by atoms with Crippen molar-refractivity contribution in [3.8, 4) is 11.5 Å². The van der Waals surface area contributed by atoms with Gasteiger partial charge in [-0.3, -0.25) is 4.79 Å². The molecule has 0 saturated carbocycles. The number of ether oxygens (including phenoxy) is 1. The molecule has 0 spiro atoms. The van der Waals surface area contributed by atoms with Crippen molar-refractivity contribution in [3.05, 3.63) is 23.8 Å². The molecule has 4 nitrogen and oxygen atoms in total. The lowest BCUT2D eigenvalue weighted by molar-refractivity contribution is 0.0730. The van der Waals surface area contributed by atoms with Gasteiger partial charge in [-0.05, 0) is 31.4 Å². The Morgan fingerprint density at radius 3 is 2.94 bits per heavy atom. The third kappa shape index (κ3) is 2.28. The van der Waals surface area contributed by atoms with E-state index in [0.717, 1.165) is 25.8 Å². The average molecular weight is 249 g/mol. The van der Waals surface area contributed by atoms with Crippen molar-refractivity contribution in [1.82, 2.24) is 4.90 Å². The van der Waals surface area contributed by atoms with Crippen molar-refractivity contribution in [2.45, 2.75) is 32.2 Å². The Labute approximate surface area is 107 Å². The van der Waals surface area contributed by atoms with Gasteiger partial charge in [-0.25, -0.2) is 0 Å². The van der Waals surface area contributed by atoms with Crippen LogP contribution in [0, 0.1) is 0 Å². The maximum absolute atomic E-state index is 12.4. The van der Waals surface area contributed by atoms with Gasteiger partial charge in [0.05, 0.1) is 12.7 Å². The van der Waals surface area contributed by atoms with E-state index in [9.17, 15) is 9.90 Å². The number of nitrogens with zero attached hydrogens (tertiary/aromatic N) is 1. The normalized spacial score (nSPS) is 19.0. The fourth-order valence-electron chi connectivity index (χ4n) is 2.50. The predicted octanol–water partition coefficient (Wildman–Crippen LogP) is 2.42. The van der Waals surface area contributed by atoms with Crippen LogP contribution in [-0.2, 0) is 0 Å². The highest BCUT2D eigenvalue weighted by molar-refractivity contribution is 5.97. The zero-order valence-corrected chi connectivity index (χ0v) is 10.8. The van der Waals surface area contributed by atoms with E-state index in [0.29, 0.717) is 17.4 Å². The molecule has 18 heavy (non-hydrogen) atoms. The van der Waals surface area contributed by atoms with Crippen LogP contribution in [0.3, 0.4) is 0 Å². The quantitative estimate of drug-likeness (QED) is 0.895. The smallest absolute Gasteiger partial charge is 0.257 e. The van der Waals surface area contributed by atoms with Crippen LogP contribution in [0.4, 0.5) is 0 Å². The fraction of sp³-hybridized carbons (Fsp3) is 0.500. The molecule has 1 aliphatic rings. The van der Waals surface area contributed by atoms with E-state index in [1.54, 1.807) is 12.1 Å². The highest BCUT2D eigenvalue weighted by Crippen LogP contribution is 2.28. The number of likely N-dealkylation sites (tertiary alicyclic amines) is 1. The molecule has 4 heteroatoms. The van der Waals surface area contributed by atoms with Crippen molar-refractivity contribution in [3.63, 3.8) is 0 Å². The highest BCUT2D eigenvalue weighted by Gasteiger charge is 2.29. The van der Waals surface area contributed by atoms with E-state index in [1.165, 1.54) is 13.2 Å². The van der Waals surface area contributed by atoms with Gasteiger partial charge in [-0.2, -0.15) is 0 Å². The number of carbonyl (C=O) groups excluding carboxylic acids is 1. The molecule has 1 aromatic rings. The molecule has 0 bridgehead atoms. The maximum Gasteiger partial charge on any atom is 0.257 e. The van der Waals surface area contributed by atoms with Crippen LogP contribution in [0.15, 0.2) is 18.2 Å². The number of phenolic OH excluding ortho intramolecular Hbond substituents is 1. The molecule has 0 aliphatic carbocycles. The number of hydrogen-bond acceptors (Lipinski definition) is 3. The summed E-state index contributed by atoms with van der Waals surface area (Å²) in [6.07, 6.45) is 3.06. The van der Waals surface area contributed by atoms with Gasteiger partial charge in [0.1, 0.15) is 11.5 Å². The molecule has 1 aromatic carbocycles. The second-order valence-corrected chi connectivity index (χ2v) is 4.59. The first-order chi connectivity index (χ1) is 8.67. The Bertz CT molecular complexity index is 445. The molecule has 1 N–H and O–H groups in total. The number of aromatic hydroxyl groups is 1. The molecule has 1 aliphatic heterocycles. The van der Waals surface area contributed by atoms with E-state index < -0.39 is 0 Å². The second kappa shape index (κ2) is 5.29. The first-order valence-electron chi connectivity index (χ1n) is 6.35. The number of hydrogen-bond donors (Lipinski definition) is 1. The Morgan fingerprint density at radius 1 is 1.56 bits per heavy atom. The molecule has 2 rings (SSSR count). The molecule has 1 atom stereocenters. The molecule has 1 saturated heterocycles. The summed E-state index contributed by atoms with van der Waals surface area (Å²) in [6.45, 7) is 2.87. The summed E-state index contributed by atoms with van der Waals surface area (Å²) >= 11 is 0. The van der Waals surface area contributed by atoms with E-state index in [2.05, 4.69) is 6.92 Å². The average Bonchev–Trinajstić information content (AvgIpc) is 2.86. The van der Waals surface area contributed by atoms with Crippen molar-refractivity contribution in [1.29, 1.82) is 0 Å². The van der Waals surface area contributed by atoms with Gasteiger partial charge in [0.2, 0.25) is 0 Å². The van der Waals surface area contributed by atoms with E-state index >= 15 is 0 Å². The summed E-state index contributed by atoms with van der Waals surface area (Å²) in [4.78, 5) is 14.2. The number of methoxy groups -OCH3 is 1. The van der Waals surface area contributed by atoms with Crippen LogP contribution < -0.4 is 4.74 Å². The third-order valence-corrected chi connectivity index (χ3v) is 3.54. The van der Waals surface area contributed by atoms with Crippen LogP contribution in [0.1, 0.15) is 36.5 Å². The van der Waals surface area contributed by atoms with Crippen LogP contribution in [0.5, 0.6) is 11.5 Å². The van der Waals surface area contributed by atoms with Gasteiger partial charge < -0.3 is 14.7 Å². The summed E-state index contributed by atoms with van der Waals surface area (Å²) < 4.78 is 5.01. The zero-order chi connectivity index (χ0) is 13.1. The second-order valence-electron chi connectivity index (χ2n) is 4.59. The topological polar surface area (TPSA) is 49.8 Å². The van der Waals surface area contributed by atoms with Crippen molar-refractivity contribution in [2.24, 2.45) is 0 Å². The molecular formula is C14H19NO3. The van der Waals surface area contributed by atoms with Crippen LogP contribution in [-0.4, -0.2) is 35.6 Å². The Balaban J connectivity index is 2.23. The van der Waals surface area contributed by atoms with Gasteiger partial charge in [0.25, 0.3) is 5.91 Å². The Morgan fingerprint density at radius 2 is 2.33 bits per heavy atom. The fourth-order valence-corrected chi connectivity index (χ4v) is 2.50. The first-order valence-corrected chi connectivity index (χ1v) is 6.35. The largest absolute Gasteiger partial charge is 0.507 e. The van der Waals surface area contributed by atoms with E-state index in [4.69, 9.17) is 4.74 Å². The highest BCUT2D eigenvalue weighted by atomic mass is 16.5. The zero-order valence-electron chi connectivity index (χ0n) is 10.8. The van der Waals surface area contributed by atoms with Gasteiger partial charge in [-0.1, -0.05) is 6.92 Å². The van der Waals surface area contributed by atoms with E-state index in [-0.39, 0.29) is 11.7 Å². The molecule has 0 radical (unpaired) electrons. The van der Waals surface area contributed by atoms with Crippen LogP contribution in [0.25, 0.3) is 0 Å². The van der Waals surface area contributed by atoms with Crippen LogP contribution in [0.2, 0.25) is 0 Å². The number of rotatable bonds is 3. The summed E-state index contributed by atoms with van der Waals surface area (Å²) in [5, 5.41) is 9.88. The maximum atomic E-state index is 12.4. The number of phenols is 1. The molecule has 1 amide bonds. The SMILES string of the molecule is CCC1CCCN1C(=O)c1ccc(OC)cc1O. The summed E-state index contributed by atoms with van der Waals surface area (Å²) in [7, 11) is 1.53. The van der Waals surface area contributed by atoms with Gasteiger partial charge in [0, 0.05) is 18.7 Å². The van der Waals surface area contributed by atoms with Crippen molar-refractivity contribution < 1.29 is 14.6 Å². The minimum Gasteiger partial charge on any atom is -0.507 e. The van der Waals surface area contributed by atoms with Crippen molar-refractivity contribution >= 4 is 5.91 Å². The molecule has 0 aromatic heterocycles. The predicted molar refractivity (Wildman–Crippen MR) is 69.0 cm³/mol. The van der Waals surface area contributed by atoms with Gasteiger partial charge in [0.15, 0.2) is 0 Å². The first kappa shape index (κ1) is 12.7. The molecule has 1 fully saturated rings. The lowest BCUT2D eigenvalue weighted by atomic mass is 10.1.